The molecule has 3 aromatic carbocycles. The maximum Gasteiger partial charge on any atom is 0.357 e. The predicted molar refractivity (Wildman–Crippen MR) is 144 cm³/mol. The molecule has 36 heavy (non-hydrogen) atoms. The van der Waals surface area contributed by atoms with E-state index in [4.69, 9.17) is 0 Å². The SMILES string of the molecule is CC(C)(C)c1ccc(N2CCCc3cc(C=C4C(=O)N(c5ccccc5)N=C4C(=O)O)ccc32)cc1. The molecular formula is C30H29N3O3. The van der Waals surface area contributed by atoms with E-state index in [1.54, 1.807) is 30.3 Å². The molecule has 6 heteroatoms. The third-order valence-corrected chi connectivity index (χ3v) is 6.66. The lowest BCUT2D eigenvalue weighted by Crippen LogP contribution is -2.24. The van der Waals surface area contributed by atoms with Gasteiger partial charge in [-0.05, 0) is 77.4 Å². The number of anilines is 3. The van der Waals surface area contributed by atoms with Crippen LogP contribution in [0.25, 0.3) is 6.08 Å². The van der Waals surface area contributed by atoms with Crippen LogP contribution in [0.5, 0.6) is 0 Å². The Labute approximate surface area is 211 Å². The van der Waals surface area contributed by atoms with Crippen LogP contribution in [0.1, 0.15) is 43.9 Å². The minimum Gasteiger partial charge on any atom is -0.476 e. The van der Waals surface area contributed by atoms with Gasteiger partial charge < -0.3 is 10.0 Å². The van der Waals surface area contributed by atoms with E-state index in [1.165, 1.54) is 11.1 Å². The Morgan fingerprint density at radius 1 is 0.972 bits per heavy atom. The molecule has 2 aliphatic rings. The Morgan fingerprint density at radius 2 is 1.69 bits per heavy atom. The van der Waals surface area contributed by atoms with E-state index in [0.717, 1.165) is 41.3 Å². The zero-order valence-electron chi connectivity index (χ0n) is 20.7. The normalized spacial score (nSPS) is 16.8. The maximum absolute atomic E-state index is 13.1. The molecule has 0 radical (unpaired) electrons. The van der Waals surface area contributed by atoms with Crippen molar-refractivity contribution in [1.29, 1.82) is 0 Å². The number of carboxylic acids is 1. The molecule has 2 aliphatic heterocycles. The summed E-state index contributed by atoms with van der Waals surface area (Å²) in [5.41, 5.74) is 6.02. The fraction of sp³-hybridized carbons (Fsp3) is 0.233. The van der Waals surface area contributed by atoms with Crippen molar-refractivity contribution < 1.29 is 14.7 Å². The number of carbonyl (C=O) groups is 2. The second-order valence-electron chi connectivity index (χ2n) is 10.2. The highest BCUT2D eigenvalue weighted by atomic mass is 16.4. The Bertz CT molecular complexity index is 1380. The zero-order valence-corrected chi connectivity index (χ0v) is 20.7. The zero-order chi connectivity index (χ0) is 25.4. The van der Waals surface area contributed by atoms with Gasteiger partial charge in [-0.2, -0.15) is 10.1 Å². The third kappa shape index (κ3) is 4.42. The topological polar surface area (TPSA) is 73.2 Å². The smallest absolute Gasteiger partial charge is 0.357 e. The first kappa shape index (κ1) is 23.5. The van der Waals surface area contributed by atoms with Crippen molar-refractivity contribution in [2.45, 2.75) is 39.0 Å². The number of hydrogen-bond acceptors (Lipinski definition) is 4. The molecule has 2 heterocycles. The fourth-order valence-corrected chi connectivity index (χ4v) is 4.73. The lowest BCUT2D eigenvalue weighted by Gasteiger charge is -2.32. The highest BCUT2D eigenvalue weighted by molar-refractivity contribution is 6.53. The van der Waals surface area contributed by atoms with Gasteiger partial charge in [0.25, 0.3) is 5.91 Å². The summed E-state index contributed by atoms with van der Waals surface area (Å²) >= 11 is 0. The molecule has 182 valence electrons. The molecule has 0 fully saturated rings. The average Bonchev–Trinajstić information content (AvgIpc) is 3.20. The summed E-state index contributed by atoms with van der Waals surface area (Å²) in [5, 5.41) is 15.0. The van der Waals surface area contributed by atoms with Gasteiger partial charge in [-0.25, -0.2) is 4.79 Å². The maximum atomic E-state index is 13.1. The van der Waals surface area contributed by atoms with E-state index in [-0.39, 0.29) is 16.7 Å². The molecule has 1 N–H and O–H groups in total. The van der Waals surface area contributed by atoms with Gasteiger partial charge in [-0.15, -0.1) is 0 Å². The van der Waals surface area contributed by atoms with Gasteiger partial charge in [0.15, 0.2) is 5.71 Å². The van der Waals surface area contributed by atoms with Gasteiger partial charge in [-0.3, -0.25) is 4.79 Å². The number of rotatable bonds is 4. The number of carbonyl (C=O) groups excluding carboxylic acids is 1. The molecule has 0 unspecified atom stereocenters. The Hall–Kier alpha value is -4.19. The number of carboxylic acid groups (broad SMARTS) is 1. The van der Waals surface area contributed by atoms with Crippen LogP contribution in [0, 0.1) is 0 Å². The fourth-order valence-electron chi connectivity index (χ4n) is 4.73. The third-order valence-electron chi connectivity index (χ3n) is 6.66. The molecule has 0 bridgehead atoms. The van der Waals surface area contributed by atoms with Gasteiger partial charge in [0.1, 0.15) is 0 Å². The van der Waals surface area contributed by atoms with Crippen LogP contribution >= 0.6 is 0 Å². The van der Waals surface area contributed by atoms with Crippen LogP contribution < -0.4 is 9.91 Å². The Morgan fingerprint density at radius 3 is 2.36 bits per heavy atom. The summed E-state index contributed by atoms with van der Waals surface area (Å²) in [4.78, 5) is 27.3. The van der Waals surface area contributed by atoms with Crippen molar-refractivity contribution in [3.05, 3.63) is 95.1 Å². The molecular weight excluding hydrogens is 450 g/mol. The van der Waals surface area contributed by atoms with E-state index in [9.17, 15) is 14.7 Å². The minimum atomic E-state index is -1.23. The lowest BCUT2D eigenvalue weighted by atomic mass is 9.87. The highest BCUT2D eigenvalue weighted by Gasteiger charge is 2.35. The number of hydrogen-bond donors (Lipinski definition) is 1. The molecule has 5 rings (SSSR count). The van der Waals surface area contributed by atoms with Crippen molar-refractivity contribution in [3.63, 3.8) is 0 Å². The van der Waals surface area contributed by atoms with Crippen LogP contribution in [0.2, 0.25) is 0 Å². The largest absolute Gasteiger partial charge is 0.476 e. The Kier molecular flexibility index (Phi) is 5.96. The minimum absolute atomic E-state index is 0.0803. The average molecular weight is 480 g/mol. The van der Waals surface area contributed by atoms with Crippen LogP contribution in [0.3, 0.4) is 0 Å². The molecule has 0 spiro atoms. The highest BCUT2D eigenvalue weighted by Crippen LogP contribution is 2.36. The summed E-state index contributed by atoms with van der Waals surface area (Å²) in [6.45, 7) is 7.57. The quantitative estimate of drug-likeness (QED) is 0.470. The number of para-hydroxylation sites is 1. The standard InChI is InChI=1S/C30H29N3O3/c1-30(2,3)22-12-14-23(15-13-22)32-17-7-8-21-18-20(11-16-26(21)32)19-25-27(29(35)36)31-33(28(25)34)24-9-5-4-6-10-24/h4-6,9-16,18-19H,7-8,17H2,1-3H3,(H,35,36). The summed E-state index contributed by atoms with van der Waals surface area (Å²) in [7, 11) is 0. The van der Waals surface area contributed by atoms with E-state index < -0.39 is 11.9 Å². The molecule has 0 aromatic heterocycles. The lowest BCUT2D eigenvalue weighted by molar-refractivity contribution is -0.129. The molecule has 0 atom stereocenters. The van der Waals surface area contributed by atoms with Crippen LogP contribution in [0.15, 0.2) is 83.5 Å². The molecule has 0 aliphatic carbocycles. The van der Waals surface area contributed by atoms with Crippen molar-refractivity contribution in [3.8, 4) is 0 Å². The first-order valence-corrected chi connectivity index (χ1v) is 12.2. The van der Waals surface area contributed by atoms with Crippen molar-refractivity contribution in [2.24, 2.45) is 5.10 Å². The first-order valence-electron chi connectivity index (χ1n) is 12.2. The number of fused-ring (bicyclic) bond motifs is 1. The van der Waals surface area contributed by atoms with Gasteiger partial charge in [0.05, 0.1) is 11.3 Å². The molecule has 3 aromatic rings. The van der Waals surface area contributed by atoms with E-state index in [1.807, 2.05) is 12.1 Å². The molecule has 1 amide bonds. The predicted octanol–water partition coefficient (Wildman–Crippen LogP) is 5.94. The van der Waals surface area contributed by atoms with Crippen LogP contribution in [-0.2, 0) is 21.4 Å². The summed E-state index contributed by atoms with van der Waals surface area (Å²) < 4.78 is 0. The number of aryl methyl sites for hydroxylation is 1. The number of hydrazone groups is 1. The van der Waals surface area contributed by atoms with E-state index >= 15 is 0 Å². The monoisotopic (exact) mass is 479 g/mol. The van der Waals surface area contributed by atoms with Gasteiger partial charge >= 0.3 is 5.97 Å². The number of nitrogens with zero attached hydrogens (tertiary/aromatic N) is 3. The summed E-state index contributed by atoms with van der Waals surface area (Å²) in [6, 6.07) is 23.6. The number of aliphatic carboxylic acids is 1. The number of benzene rings is 3. The van der Waals surface area contributed by atoms with Gasteiger partial charge in [0.2, 0.25) is 0 Å². The second kappa shape index (κ2) is 9.11. The van der Waals surface area contributed by atoms with Crippen LogP contribution in [0.4, 0.5) is 17.1 Å². The van der Waals surface area contributed by atoms with Crippen LogP contribution in [-0.4, -0.2) is 29.2 Å². The molecule has 0 saturated carbocycles. The number of amides is 1. The van der Waals surface area contributed by atoms with Gasteiger partial charge in [0, 0.05) is 17.9 Å². The van der Waals surface area contributed by atoms with Crippen molar-refractivity contribution >= 4 is 40.7 Å². The van der Waals surface area contributed by atoms with Crippen molar-refractivity contribution in [1.82, 2.24) is 0 Å². The summed E-state index contributed by atoms with van der Waals surface area (Å²) in [5.74, 6) is -1.67. The van der Waals surface area contributed by atoms with E-state index in [2.05, 4.69) is 67.2 Å². The molecule has 0 saturated heterocycles. The first-order chi connectivity index (χ1) is 17.2. The molecule has 6 nitrogen and oxygen atoms in total. The second-order valence-corrected chi connectivity index (χ2v) is 10.2. The van der Waals surface area contributed by atoms with Gasteiger partial charge in [-0.1, -0.05) is 57.2 Å². The Balaban J connectivity index is 1.46. The van der Waals surface area contributed by atoms with Crippen molar-refractivity contribution in [2.75, 3.05) is 16.5 Å². The summed E-state index contributed by atoms with van der Waals surface area (Å²) in [6.07, 6.45) is 3.57. The van der Waals surface area contributed by atoms with E-state index in [0.29, 0.717) is 5.69 Å².